The van der Waals surface area contributed by atoms with Crippen molar-refractivity contribution in [2.75, 3.05) is 0 Å². The third kappa shape index (κ3) is 4.43. The molecule has 0 aromatic carbocycles. The molecule has 0 fully saturated rings. The summed E-state index contributed by atoms with van der Waals surface area (Å²) >= 11 is 0. The molecule has 9 heavy (non-hydrogen) atoms. The summed E-state index contributed by atoms with van der Waals surface area (Å²) < 4.78 is 5.39. The molecule has 2 heteroatoms. The Morgan fingerprint density at radius 2 is 1.56 bits per heavy atom. The molecule has 0 aliphatic heterocycles. The fourth-order valence-corrected chi connectivity index (χ4v) is 0.553. The van der Waals surface area contributed by atoms with Crippen molar-refractivity contribution in [1.82, 2.24) is 0 Å². The van der Waals surface area contributed by atoms with Crippen LogP contribution in [0.4, 0.5) is 0 Å². The van der Waals surface area contributed by atoms with Gasteiger partial charge in [0.1, 0.15) is 0 Å². The number of hydrogen-bond acceptors (Lipinski definition) is 2. The van der Waals surface area contributed by atoms with Crippen LogP contribution in [0.1, 0.15) is 27.7 Å². The largest absolute Gasteiger partial charge is 0.374 e. The van der Waals surface area contributed by atoms with E-state index in [2.05, 4.69) is 0 Å². The minimum atomic E-state index is 0.132. The molecule has 0 aliphatic rings. The highest BCUT2D eigenvalue weighted by Crippen LogP contribution is 1.99. The van der Waals surface area contributed by atoms with E-state index in [1.54, 1.807) is 0 Å². The molecule has 0 spiro atoms. The molecule has 0 aromatic heterocycles. The van der Waals surface area contributed by atoms with Crippen LogP contribution in [-0.4, -0.2) is 18.2 Å². The average Bonchev–Trinajstić information content (AvgIpc) is 1.63. The molecule has 0 amide bonds. The predicted octanol–water partition coefficient (Wildman–Crippen LogP) is 1.15. The van der Waals surface area contributed by atoms with Crippen molar-refractivity contribution >= 4 is 0 Å². The van der Waals surface area contributed by atoms with Gasteiger partial charge in [0.05, 0.1) is 12.2 Å². The lowest BCUT2D eigenvalue weighted by Gasteiger charge is -2.18. The third-order valence-corrected chi connectivity index (χ3v) is 1.23. The molecule has 2 N–H and O–H groups in total. The molecule has 2 atom stereocenters. The molecule has 1 unspecified atom stereocenters. The topological polar surface area (TPSA) is 35.2 Å². The molecule has 0 radical (unpaired) electrons. The van der Waals surface area contributed by atoms with Crippen LogP contribution >= 0.6 is 0 Å². The van der Waals surface area contributed by atoms with E-state index in [1.165, 1.54) is 0 Å². The first-order chi connectivity index (χ1) is 4.04. The monoisotopic (exact) mass is 131 g/mol. The van der Waals surface area contributed by atoms with Crippen LogP contribution in [0.5, 0.6) is 0 Å². The summed E-state index contributed by atoms with van der Waals surface area (Å²) in [6.45, 7) is 7.97. The van der Waals surface area contributed by atoms with Crippen molar-refractivity contribution in [1.29, 1.82) is 0 Å². The standard InChI is InChI=1S/C7H17NO/c1-5(2)9-7(4)6(3)8/h5-7H,8H2,1-4H3/t6-,7?/m1/s1. The maximum absolute atomic E-state index is 5.56. The average molecular weight is 131 g/mol. The maximum Gasteiger partial charge on any atom is 0.0698 e. The molecule has 2 nitrogen and oxygen atoms in total. The molecule has 56 valence electrons. The Hall–Kier alpha value is -0.0800. The number of rotatable bonds is 3. The first kappa shape index (κ1) is 8.92. The number of nitrogens with two attached hydrogens (primary N) is 1. The molecule has 0 heterocycles. The first-order valence-electron chi connectivity index (χ1n) is 3.45. The second-order valence-electron chi connectivity index (χ2n) is 2.75. The van der Waals surface area contributed by atoms with Gasteiger partial charge in [0, 0.05) is 6.04 Å². The smallest absolute Gasteiger partial charge is 0.0698 e. The summed E-state index contributed by atoms with van der Waals surface area (Å²) in [7, 11) is 0. The Bertz CT molecular complexity index is 71.3. The predicted molar refractivity (Wildman–Crippen MR) is 39.3 cm³/mol. The minimum Gasteiger partial charge on any atom is -0.374 e. The normalized spacial score (nSPS) is 18.0. The molecule has 0 bridgehead atoms. The van der Waals surface area contributed by atoms with Crippen LogP contribution in [-0.2, 0) is 4.74 Å². The summed E-state index contributed by atoms with van der Waals surface area (Å²) in [5.74, 6) is 0. The van der Waals surface area contributed by atoms with E-state index in [1.807, 2.05) is 27.7 Å². The zero-order valence-corrected chi connectivity index (χ0v) is 6.72. The Labute approximate surface area is 57.4 Å². The highest BCUT2D eigenvalue weighted by Gasteiger charge is 2.08. The van der Waals surface area contributed by atoms with Crippen molar-refractivity contribution in [3.05, 3.63) is 0 Å². The van der Waals surface area contributed by atoms with E-state index in [9.17, 15) is 0 Å². The van der Waals surface area contributed by atoms with Gasteiger partial charge in [-0.15, -0.1) is 0 Å². The van der Waals surface area contributed by atoms with Crippen molar-refractivity contribution in [3.8, 4) is 0 Å². The van der Waals surface area contributed by atoms with Gasteiger partial charge in [0.15, 0.2) is 0 Å². The third-order valence-electron chi connectivity index (χ3n) is 1.23. The van der Waals surface area contributed by atoms with Crippen LogP contribution in [0.15, 0.2) is 0 Å². The fraction of sp³-hybridized carbons (Fsp3) is 1.00. The lowest BCUT2D eigenvalue weighted by molar-refractivity contribution is 0.00784. The van der Waals surface area contributed by atoms with Gasteiger partial charge in [0.2, 0.25) is 0 Å². The maximum atomic E-state index is 5.56. The summed E-state index contributed by atoms with van der Waals surface area (Å²) in [5, 5.41) is 0. The van der Waals surface area contributed by atoms with Gasteiger partial charge in [-0.25, -0.2) is 0 Å². The highest BCUT2D eigenvalue weighted by atomic mass is 16.5. The van der Waals surface area contributed by atoms with Crippen LogP contribution in [0.25, 0.3) is 0 Å². The van der Waals surface area contributed by atoms with E-state index < -0.39 is 0 Å². The van der Waals surface area contributed by atoms with Crippen LogP contribution < -0.4 is 5.73 Å². The van der Waals surface area contributed by atoms with Gasteiger partial charge >= 0.3 is 0 Å². The number of hydrogen-bond donors (Lipinski definition) is 1. The molecule has 0 saturated heterocycles. The zero-order valence-electron chi connectivity index (χ0n) is 6.72. The quantitative estimate of drug-likeness (QED) is 0.623. The minimum absolute atomic E-state index is 0.132. The van der Waals surface area contributed by atoms with Crippen molar-refractivity contribution in [3.63, 3.8) is 0 Å². The van der Waals surface area contributed by atoms with Crippen LogP contribution in [0.3, 0.4) is 0 Å². The fourth-order valence-electron chi connectivity index (χ4n) is 0.553. The molecular weight excluding hydrogens is 114 g/mol. The Morgan fingerprint density at radius 1 is 1.11 bits per heavy atom. The SMILES string of the molecule is CC(C)OC(C)[C@@H](C)N. The Morgan fingerprint density at radius 3 is 1.67 bits per heavy atom. The lowest BCUT2D eigenvalue weighted by Crippen LogP contribution is -2.33. The molecule has 0 aliphatic carbocycles. The molecule has 0 saturated carbocycles. The Kier molecular flexibility index (Phi) is 3.82. The summed E-state index contributed by atoms with van der Waals surface area (Å²) in [5.41, 5.74) is 5.56. The van der Waals surface area contributed by atoms with Crippen molar-refractivity contribution in [2.24, 2.45) is 5.73 Å². The summed E-state index contributed by atoms with van der Waals surface area (Å²) in [6, 6.07) is 0.132. The highest BCUT2D eigenvalue weighted by molar-refractivity contribution is 4.62. The summed E-state index contributed by atoms with van der Waals surface area (Å²) in [4.78, 5) is 0. The second-order valence-corrected chi connectivity index (χ2v) is 2.75. The number of ether oxygens (including phenoxy) is 1. The lowest BCUT2D eigenvalue weighted by atomic mass is 10.2. The van der Waals surface area contributed by atoms with Gasteiger partial charge in [0.25, 0.3) is 0 Å². The van der Waals surface area contributed by atoms with E-state index in [0.717, 1.165) is 0 Å². The van der Waals surface area contributed by atoms with Crippen molar-refractivity contribution in [2.45, 2.75) is 45.9 Å². The van der Waals surface area contributed by atoms with E-state index in [4.69, 9.17) is 10.5 Å². The molecular formula is C7H17NO. The van der Waals surface area contributed by atoms with Gasteiger partial charge in [-0.1, -0.05) is 0 Å². The van der Waals surface area contributed by atoms with E-state index in [-0.39, 0.29) is 18.2 Å². The van der Waals surface area contributed by atoms with E-state index in [0.29, 0.717) is 0 Å². The van der Waals surface area contributed by atoms with Crippen molar-refractivity contribution < 1.29 is 4.74 Å². The Balaban J connectivity index is 3.38. The summed E-state index contributed by atoms with van der Waals surface area (Å²) in [6.07, 6.45) is 0.455. The van der Waals surface area contributed by atoms with Gasteiger partial charge < -0.3 is 10.5 Å². The molecule has 0 rings (SSSR count). The second kappa shape index (κ2) is 3.85. The van der Waals surface area contributed by atoms with Gasteiger partial charge in [-0.05, 0) is 27.7 Å². The van der Waals surface area contributed by atoms with Gasteiger partial charge in [-0.2, -0.15) is 0 Å². The van der Waals surface area contributed by atoms with Crippen LogP contribution in [0.2, 0.25) is 0 Å². The van der Waals surface area contributed by atoms with Gasteiger partial charge in [-0.3, -0.25) is 0 Å². The van der Waals surface area contributed by atoms with Crippen LogP contribution in [0, 0.1) is 0 Å². The molecule has 0 aromatic rings. The zero-order chi connectivity index (χ0) is 7.44. The van der Waals surface area contributed by atoms with E-state index >= 15 is 0 Å². The first-order valence-corrected chi connectivity index (χ1v) is 3.45.